The number of nitrogens with zero attached hydrogens (tertiary/aromatic N) is 2. The van der Waals surface area contributed by atoms with Gasteiger partial charge in [-0.15, -0.1) is 0 Å². The van der Waals surface area contributed by atoms with Crippen molar-refractivity contribution in [2.75, 3.05) is 11.5 Å². The molecule has 60 heavy (non-hydrogen) atoms. The molecule has 0 unspecified atom stereocenters. The largest absolute Gasteiger partial charge is 0.411 e. The van der Waals surface area contributed by atoms with Gasteiger partial charge in [-0.2, -0.15) is 0 Å². The van der Waals surface area contributed by atoms with Crippen LogP contribution in [0.1, 0.15) is 146 Å². The van der Waals surface area contributed by atoms with Gasteiger partial charge in [0.1, 0.15) is 0 Å². The van der Waals surface area contributed by atoms with Gasteiger partial charge in [0.25, 0.3) is 0 Å². The van der Waals surface area contributed by atoms with Crippen LogP contribution in [-0.4, -0.2) is 67.7 Å². The van der Waals surface area contributed by atoms with Gasteiger partial charge in [0.15, 0.2) is 33.3 Å². The molecule has 2 heterocycles. The van der Waals surface area contributed by atoms with Gasteiger partial charge in [0.2, 0.25) is 0 Å². The van der Waals surface area contributed by atoms with Crippen molar-refractivity contribution >= 4 is 44.6 Å². The molecule has 4 N–H and O–H groups in total. The molecule has 0 radical (unpaired) electrons. The van der Waals surface area contributed by atoms with Gasteiger partial charge in [-0.05, 0) is 145 Å². The average molecular weight is 902 g/mol. The minimum absolute atomic E-state index is 0.0985. The van der Waals surface area contributed by atoms with Crippen molar-refractivity contribution in [3.8, 4) is 0 Å². The molecule has 0 saturated heterocycles. The summed E-state index contributed by atoms with van der Waals surface area (Å²) in [5.74, 6) is 1.61. The van der Waals surface area contributed by atoms with E-state index in [2.05, 4.69) is 171 Å². The minimum atomic E-state index is -1.94. The topological polar surface area (TPSA) is 115 Å². The number of hydrogen-bond acceptors (Lipinski definition) is 8. The fourth-order valence-corrected chi connectivity index (χ4v) is 13.3. The second-order valence-corrected chi connectivity index (χ2v) is 43.8. The second-order valence-electron chi connectivity index (χ2n) is 24.8. The van der Waals surface area contributed by atoms with Crippen LogP contribution < -0.4 is 11.5 Å². The van der Waals surface area contributed by atoms with Crippen LogP contribution in [0.15, 0.2) is 36.9 Å². The summed E-state index contributed by atoms with van der Waals surface area (Å²) < 4.78 is 28.2. The molecule has 0 aliphatic heterocycles. The normalized spacial score (nSPS) is 26.6. The molecule has 8 atom stereocenters. The zero-order valence-electron chi connectivity index (χ0n) is 42.6. The van der Waals surface area contributed by atoms with Crippen molar-refractivity contribution < 1.29 is 17.7 Å². The lowest BCUT2D eigenvalue weighted by atomic mass is 9.75. The summed E-state index contributed by atoms with van der Waals surface area (Å²) in [4.78, 5) is 8.38. The van der Waals surface area contributed by atoms with E-state index in [0.717, 1.165) is 37.1 Å². The molecule has 0 spiro atoms. The first-order chi connectivity index (χ1) is 26.9. The molecule has 0 aromatic carbocycles. The Morgan fingerprint density at radius 2 is 0.733 bits per heavy atom. The molecule has 4 rings (SSSR count). The van der Waals surface area contributed by atoms with Crippen LogP contribution >= 0.6 is 0 Å². The van der Waals surface area contributed by atoms with E-state index in [0.29, 0.717) is 23.7 Å². The van der Waals surface area contributed by atoms with E-state index >= 15 is 0 Å². The maximum atomic E-state index is 7.06. The minimum Gasteiger partial charge on any atom is -0.411 e. The first kappa shape index (κ1) is 52.9. The van der Waals surface area contributed by atoms with Crippen molar-refractivity contribution in [2.45, 2.75) is 231 Å². The number of rotatable bonds is 10. The standard InChI is InChI=1S/2C24H46N2O2Si2/c2*1-17-14-18(19-12-13-26-16-20(19)25)15-21(27-29(8,9)23(2,3)4)22(17)28-30(10,11)24(5,6)7/h2*12-13,16-18,21-22H,14-15,25H2,1-11H3/t2*17-,18+,21+,22+/m10/s1. The van der Waals surface area contributed by atoms with Gasteiger partial charge in [0.05, 0.1) is 48.2 Å². The Labute approximate surface area is 373 Å². The molecule has 12 heteroatoms. The average Bonchev–Trinajstić information content (AvgIpc) is 3.06. The van der Waals surface area contributed by atoms with E-state index in [4.69, 9.17) is 29.2 Å². The highest BCUT2D eigenvalue weighted by molar-refractivity contribution is 6.75. The van der Waals surface area contributed by atoms with E-state index in [1.54, 1.807) is 12.4 Å². The van der Waals surface area contributed by atoms with Gasteiger partial charge < -0.3 is 29.2 Å². The van der Waals surface area contributed by atoms with Crippen molar-refractivity contribution in [3.63, 3.8) is 0 Å². The predicted molar refractivity (Wildman–Crippen MR) is 268 cm³/mol. The summed E-state index contributed by atoms with van der Waals surface area (Å²) >= 11 is 0. The zero-order valence-corrected chi connectivity index (χ0v) is 46.6. The number of aromatic nitrogens is 2. The lowest BCUT2D eigenvalue weighted by Gasteiger charge is -2.50. The lowest BCUT2D eigenvalue weighted by molar-refractivity contribution is -0.0305. The molecule has 2 aromatic heterocycles. The van der Waals surface area contributed by atoms with Crippen LogP contribution in [0.2, 0.25) is 72.5 Å². The van der Waals surface area contributed by atoms with Crippen molar-refractivity contribution in [1.82, 2.24) is 9.97 Å². The molecule has 2 aliphatic carbocycles. The monoisotopic (exact) mass is 901 g/mol. The summed E-state index contributed by atoms with van der Waals surface area (Å²) in [7, 11) is -7.69. The number of nitrogen functional groups attached to an aromatic ring is 2. The van der Waals surface area contributed by atoms with Gasteiger partial charge in [-0.3, -0.25) is 9.97 Å². The highest BCUT2D eigenvalue weighted by Crippen LogP contribution is 2.49. The Bertz CT molecular complexity index is 1570. The molecule has 344 valence electrons. The molecule has 0 amide bonds. The van der Waals surface area contributed by atoms with E-state index in [1.165, 1.54) is 11.1 Å². The fraction of sp³-hybridized carbons (Fsp3) is 0.792. The molecule has 2 aliphatic rings. The van der Waals surface area contributed by atoms with Crippen LogP contribution in [0, 0.1) is 11.8 Å². The summed E-state index contributed by atoms with van der Waals surface area (Å²) in [6.45, 7) is 51.3. The first-order valence-electron chi connectivity index (χ1n) is 23.0. The number of pyridine rings is 2. The van der Waals surface area contributed by atoms with Gasteiger partial charge in [0, 0.05) is 12.4 Å². The molecule has 8 nitrogen and oxygen atoms in total. The summed E-state index contributed by atoms with van der Waals surface area (Å²) in [5.41, 5.74) is 16.6. The number of hydrogen-bond donors (Lipinski definition) is 2. The highest BCUT2D eigenvalue weighted by atomic mass is 28.4. The number of anilines is 2. The van der Waals surface area contributed by atoms with E-state index < -0.39 is 33.3 Å². The van der Waals surface area contributed by atoms with Crippen LogP contribution in [0.5, 0.6) is 0 Å². The fourth-order valence-electron chi connectivity index (χ4n) is 7.77. The van der Waals surface area contributed by atoms with E-state index in [1.807, 2.05) is 12.4 Å². The first-order valence-corrected chi connectivity index (χ1v) is 34.7. The second kappa shape index (κ2) is 19.0. The van der Waals surface area contributed by atoms with Crippen molar-refractivity contribution in [1.29, 1.82) is 0 Å². The Kier molecular flexibility index (Phi) is 16.8. The lowest BCUT2D eigenvalue weighted by Crippen LogP contribution is -2.55. The maximum absolute atomic E-state index is 7.06. The SMILES string of the molecule is C[C@@H]1C[C@H](c2ccncc2N)C[C@H](O[Si](C)(C)C(C)(C)C)[C@H]1O[Si](C)(C)C(C)(C)C.C[C@H]1C[C@@H](c2ccncc2N)C[C@@H](O[Si](C)(C)C(C)(C)C)[C@@H]1O[Si](C)(C)C(C)(C)C. The summed E-state index contributed by atoms with van der Waals surface area (Å²) in [6, 6.07) is 4.18. The van der Waals surface area contributed by atoms with Crippen LogP contribution in [-0.2, 0) is 17.7 Å². The Hall–Kier alpha value is -1.39. The Morgan fingerprint density at radius 1 is 0.467 bits per heavy atom. The summed E-state index contributed by atoms with van der Waals surface area (Å²) in [5, 5.41) is 0.696. The molecular weight excluding hydrogens is 809 g/mol. The number of nitrogens with two attached hydrogens (primary N) is 2. The third-order valence-electron chi connectivity index (χ3n) is 15.8. The maximum Gasteiger partial charge on any atom is 0.192 e. The van der Waals surface area contributed by atoms with Crippen LogP contribution in [0.3, 0.4) is 0 Å². The van der Waals surface area contributed by atoms with E-state index in [9.17, 15) is 0 Å². The molecular formula is C48H92N4O4Si4. The van der Waals surface area contributed by atoms with Crippen molar-refractivity contribution in [3.05, 3.63) is 48.0 Å². The van der Waals surface area contributed by atoms with Gasteiger partial charge >= 0.3 is 0 Å². The van der Waals surface area contributed by atoms with Crippen LogP contribution in [0.25, 0.3) is 0 Å². The third-order valence-corrected chi connectivity index (χ3v) is 33.8. The third kappa shape index (κ3) is 12.9. The molecule has 2 aromatic rings. The quantitative estimate of drug-likeness (QED) is 0.227. The highest BCUT2D eigenvalue weighted by Gasteiger charge is 2.50. The molecule has 2 saturated carbocycles. The predicted octanol–water partition coefficient (Wildman–Crippen LogP) is 13.9. The zero-order chi connectivity index (χ0) is 46.2. The summed E-state index contributed by atoms with van der Waals surface area (Å²) in [6.07, 6.45) is 11.8. The smallest absolute Gasteiger partial charge is 0.192 e. The van der Waals surface area contributed by atoms with Crippen LogP contribution in [0.4, 0.5) is 11.4 Å². The Balaban J connectivity index is 0.000000320. The molecule has 2 fully saturated rings. The Morgan fingerprint density at radius 3 is 0.983 bits per heavy atom. The van der Waals surface area contributed by atoms with E-state index in [-0.39, 0.29) is 44.6 Å². The van der Waals surface area contributed by atoms with Crippen molar-refractivity contribution in [2.24, 2.45) is 11.8 Å². The molecule has 0 bridgehead atoms. The van der Waals surface area contributed by atoms with Gasteiger partial charge in [-0.1, -0.05) is 96.9 Å². The van der Waals surface area contributed by atoms with Gasteiger partial charge in [-0.25, -0.2) is 0 Å².